The zero-order chi connectivity index (χ0) is 14.1. The van der Waals surface area contributed by atoms with E-state index in [-0.39, 0.29) is 6.04 Å². The van der Waals surface area contributed by atoms with Gasteiger partial charge in [0.1, 0.15) is 5.75 Å². The number of methoxy groups -OCH3 is 1. The average molecular weight is 286 g/mol. The number of nitrogens with zero attached hydrogens (tertiary/aromatic N) is 1. The van der Waals surface area contributed by atoms with Gasteiger partial charge in [-0.1, -0.05) is 48.0 Å². The number of rotatable bonds is 2. The summed E-state index contributed by atoms with van der Waals surface area (Å²) in [6.45, 7) is 0. The molecule has 2 nitrogen and oxygen atoms in total. The van der Waals surface area contributed by atoms with Crippen molar-refractivity contribution in [3.8, 4) is 5.75 Å². The van der Waals surface area contributed by atoms with Gasteiger partial charge in [-0.15, -0.1) is 0 Å². The smallest absolute Gasteiger partial charge is 0.137 e. The van der Waals surface area contributed by atoms with Crippen LogP contribution in [-0.4, -0.2) is 14.2 Å². The van der Waals surface area contributed by atoms with Crippen molar-refractivity contribution < 1.29 is 4.74 Å². The van der Waals surface area contributed by atoms with Gasteiger partial charge in [-0.3, -0.25) is 0 Å². The minimum atomic E-state index is 0.188. The Labute approximate surface area is 124 Å². The van der Waals surface area contributed by atoms with E-state index in [4.69, 9.17) is 16.3 Å². The van der Waals surface area contributed by atoms with Gasteiger partial charge in [-0.2, -0.15) is 0 Å². The summed E-state index contributed by atoms with van der Waals surface area (Å²) in [5, 5.41) is 0.644. The predicted molar refractivity (Wildman–Crippen MR) is 84.6 cm³/mol. The van der Waals surface area contributed by atoms with Crippen LogP contribution >= 0.6 is 11.6 Å². The van der Waals surface area contributed by atoms with E-state index < -0.39 is 0 Å². The van der Waals surface area contributed by atoms with Gasteiger partial charge in [0.2, 0.25) is 0 Å². The molecular weight excluding hydrogens is 270 g/mol. The van der Waals surface area contributed by atoms with Crippen molar-refractivity contribution in [2.75, 3.05) is 19.1 Å². The molecular formula is C17H16ClNO. The minimum Gasteiger partial charge on any atom is -0.495 e. The highest BCUT2D eigenvalue weighted by Gasteiger charge is 2.20. The van der Waals surface area contributed by atoms with Crippen LogP contribution in [0.3, 0.4) is 0 Å². The molecule has 1 heterocycles. The Balaban J connectivity index is 1.99. The minimum absolute atomic E-state index is 0.188. The van der Waals surface area contributed by atoms with E-state index in [1.54, 1.807) is 7.11 Å². The molecule has 0 aromatic heterocycles. The molecule has 1 atom stereocenters. The number of anilines is 1. The van der Waals surface area contributed by atoms with E-state index in [0.29, 0.717) is 10.8 Å². The Morgan fingerprint density at radius 1 is 1.15 bits per heavy atom. The van der Waals surface area contributed by atoms with E-state index in [1.165, 1.54) is 11.3 Å². The van der Waals surface area contributed by atoms with Crippen LogP contribution in [0.5, 0.6) is 5.75 Å². The maximum absolute atomic E-state index is 6.23. The summed E-state index contributed by atoms with van der Waals surface area (Å²) in [6.07, 6.45) is 4.36. The van der Waals surface area contributed by atoms with E-state index in [0.717, 1.165) is 5.56 Å². The molecule has 0 bridgehead atoms. The Morgan fingerprint density at radius 2 is 1.95 bits per heavy atom. The standard InChI is InChI=1S/C17H16ClNO/c1-19-15-6-4-3-5-12(15)7-9-16(19)13-8-10-17(20-2)14(18)11-13/h3-11,16H,1-2H3. The van der Waals surface area contributed by atoms with Crippen LogP contribution in [0.1, 0.15) is 17.2 Å². The normalized spacial score (nSPS) is 16.9. The molecule has 0 fully saturated rings. The molecule has 2 aromatic rings. The van der Waals surface area contributed by atoms with Gasteiger partial charge in [0.15, 0.2) is 0 Å². The second-order valence-corrected chi connectivity index (χ2v) is 5.27. The highest BCUT2D eigenvalue weighted by molar-refractivity contribution is 6.32. The first kappa shape index (κ1) is 13.1. The fourth-order valence-electron chi connectivity index (χ4n) is 2.62. The molecule has 0 N–H and O–H groups in total. The molecule has 20 heavy (non-hydrogen) atoms. The first-order valence-electron chi connectivity index (χ1n) is 6.54. The molecule has 0 radical (unpaired) electrons. The number of likely N-dealkylation sites (N-methyl/N-ethyl adjacent to an activating group) is 1. The maximum Gasteiger partial charge on any atom is 0.137 e. The lowest BCUT2D eigenvalue weighted by molar-refractivity contribution is 0.415. The second kappa shape index (κ2) is 5.22. The zero-order valence-electron chi connectivity index (χ0n) is 11.5. The molecule has 0 amide bonds. The monoisotopic (exact) mass is 285 g/mol. The number of hydrogen-bond acceptors (Lipinski definition) is 2. The average Bonchev–Trinajstić information content (AvgIpc) is 2.48. The number of fused-ring (bicyclic) bond motifs is 1. The summed E-state index contributed by atoms with van der Waals surface area (Å²) in [4.78, 5) is 2.26. The van der Waals surface area contributed by atoms with Crippen LogP contribution in [0.2, 0.25) is 5.02 Å². The molecule has 2 aromatic carbocycles. The van der Waals surface area contributed by atoms with E-state index in [2.05, 4.69) is 54.4 Å². The molecule has 1 unspecified atom stereocenters. The molecule has 3 rings (SSSR count). The predicted octanol–water partition coefficient (Wildman–Crippen LogP) is 4.55. The van der Waals surface area contributed by atoms with Crippen molar-refractivity contribution >= 4 is 23.4 Å². The van der Waals surface area contributed by atoms with Crippen molar-refractivity contribution in [1.82, 2.24) is 0 Å². The topological polar surface area (TPSA) is 12.5 Å². The Morgan fingerprint density at radius 3 is 2.70 bits per heavy atom. The molecule has 0 saturated carbocycles. The highest BCUT2D eigenvalue weighted by atomic mass is 35.5. The van der Waals surface area contributed by atoms with Crippen LogP contribution in [0.25, 0.3) is 6.08 Å². The fourth-order valence-corrected chi connectivity index (χ4v) is 2.89. The lowest BCUT2D eigenvalue weighted by Gasteiger charge is -2.32. The van der Waals surface area contributed by atoms with Gasteiger partial charge in [0.25, 0.3) is 0 Å². The molecule has 0 saturated heterocycles. The van der Waals surface area contributed by atoms with E-state index in [1.807, 2.05) is 12.1 Å². The van der Waals surface area contributed by atoms with Gasteiger partial charge in [-0.25, -0.2) is 0 Å². The van der Waals surface area contributed by atoms with Crippen molar-refractivity contribution in [1.29, 1.82) is 0 Å². The van der Waals surface area contributed by atoms with E-state index >= 15 is 0 Å². The number of ether oxygens (including phenoxy) is 1. The fraction of sp³-hybridized carbons (Fsp3) is 0.176. The van der Waals surface area contributed by atoms with Crippen molar-refractivity contribution in [2.24, 2.45) is 0 Å². The van der Waals surface area contributed by atoms with Gasteiger partial charge < -0.3 is 9.64 Å². The molecule has 1 aliphatic heterocycles. The molecule has 0 spiro atoms. The van der Waals surface area contributed by atoms with Crippen LogP contribution in [0.15, 0.2) is 48.5 Å². The van der Waals surface area contributed by atoms with Crippen molar-refractivity contribution in [3.05, 3.63) is 64.7 Å². The van der Waals surface area contributed by atoms with Crippen LogP contribution < -0.4 is 9.64 Å². The maximum atomic E-state index is 6.23. The third kappa shape index (κ3) is 2.16. The van der Waals surface area contributed by atoms with Crippen LogP contribution in [-0.2, 0) is 0 Å². The summed E-state index contributed by atoms with van der Waals surface area (Å²) in [5.41, 5.74) is 3.63. The van der Waals surface area contributed by atoms with Gasteiger partial charge in [0, 0.05) is 12.7 Å². The lowest BCUT2D eigenvalue weighted by Crippen LogP contribution is -2.25. The zero-order valence-corrected chi connectivity index (χ0v) is 12.3. The summed E-state index contributed by atoms with van der Waals surface area (Å²) < 4.78 is 5.21. The summed E-state index contributed by atoms with van der Waals surface area (Å²) >= 11 is 6.23. The van der Waals surface area contributed by atoms with Gasteiger partial charge in [-0.05, 0) is 29.3 Å². The number of hydrogen-bond donors (Lipinski definition) is 0. The third-order valence-corrected chi connectivity index (χ3v) is 4.00. The molecule has 1 aliphatic rings. The summed E-state index contributed by atoms with van der Waals surface area (Å²) in [5.74, 6) is 0.707. The molecule has 102 valence electrons. The quantitative estimate of drug-likeness (QED) is 0.802. The second-order valence-electron chi connectivity index (χ2n) is 4.87. The summed E-state index contributed by atoms with van der Waals surface area (Å²) in [6, 6.07) is 14.5. The van der Waals surface area contributed by atoms with Gasteiger partial charge in [0.05, 0.1) is 18.2 Å². The largest absolute Gasteiger partial charge is 0.495 e. The highest BCUT2D eigenvalue weighted by Crippen LogP contribution is 2.37. The first-order chi connectivity index (χ1) is 9.70. The number of benzene rings is 2. The van der Waals surface area contributed by atoms with Crippen LogP contribution in [0.4, 0.5) is 5.69 Å². The van der Waals surface area contributed by atoms with Crippen LogP contribution in [0, 0.1) is 0 Å². The van der Waals surface area contributed by atoms with Crippen molar-refractivity contribution in [3.63, 3.8) is 0 Å². The van der Waals surface area contributed by atoms with Crippen molar-refractivity contribution in [2.45, 2.75) is 6.04 Å². The molecule has 3 heteroatoms. The molecule has 0 aliphatic carbocycles. The Kier molecular flexibility index (Phi) is 3.41. The SMILES string of the molecule is COc1ccc(C2C=Cc3ccccc3N2C)cc1Cl. The Bertz CT molecular complexity index is 666. The number of para-hydroxylation sites is 1. The Hall–Kier alpha value is -1.93. The number of halogens is 1. The first-order valence-corrected chi connectivity index (χ1v) is 6.92. The lowest BCUT2D eigenvalue weighted by atomic mass is 9.98. The van der Waals surface area contributed by atoms with E-state index in [9.17, 15) is 0 Å². The third-order valence-electron chi connectivity index (χ3n) is 3.71. The summed E-state index contributed by atoms with van der Waals surface area (Å²) in [7, 11) is 3.73. The van der Waals surface area contributed by atoms with Gasteiger partial charge >= 0.3 is 0 Å².